The molecule has 0 aromatic heterocycles. The molecule has 0 fully saturated rings. The molecule has 0 radical (unpaired) electrons. The predicted octanol–water partition coefficient (Wildman–Crippen LogP) is 1.99. The van der Waals surface area contributed by atoms with Crippen LogP contribution >= 0.6 is 7.60 Å². The number of rotatable bonds is 4. The first-order valence-corrected chi connectivity index (χ1v) is 7.48. The molecule has 8 heteroatoms. The number of carbonyl (C=O) groups is 1. The summed E-state index contributed by atoms with van der Waals surface area (Å²) in [6.45, 7) is 0. The van der Waals surface area contributed by atoms with Gasteiger partial charge in [0.2, 0.25) is 5.91 Å². The van der Waals surface area contributed by atoms with Crippen LogP contribution in [0.15, 0.2) is 24.3 Å². The summed E-state index contributed by atoms with van der Waals surface area (Å²) in [5.74, 6) is -1.84. The number of hydrogen-bond donors (Lipinski definition) is 1. The molecule has 2 rings (SSSR count). The van der Waals surface area contributed by atoms with Crippen molar-refractivity contribution in [2.45, 2.75) is 11.1 Å². The lowest BCUT2D eigenvalue weighted by molar-refractivity contribution is -0.117. The van der Waals surface area contributed by atoms with Gasteiger partial charge in [-0.25, -0.2) is 0 Å². The zero-order valence-corrected chi connectivity index (χ0v) is 12.3. The van der Waals surface area contributed by atoms with Gasteiger partial charge in [0, 0.05) is 19.9 Å². The average molecular weight is 305 g/mol. The number of amides is 1. The van der Waals surface area contributed by atoms with Crippen molar-refractivity contribution in [2.24, 2.45) is 0 Å². The van der Waals surface area contributed by atoms with Crippen molar-refractivity contribution in [2.75, 3.05) is 19.5 Å². The summed E-state index contributed by atoms with van der Waals surface area (Å²) >= 11 is 0. The molecule has 0 bridgehead atoms. The first kappa shape index (κ1) is 15.2. The standard InChI is InChI=1S/C13H12N3O4P/c1-19-21(18,20-2)13(7-14,8-15)11-9-5-3-4-6-10(9)16-12(11)17/h3-6,11H,1-2H3,(H,16,17). The van der Waals surface area contributed by atoms with Gasteiger partial charge in [-0.2, -0.15) is 10.5 Å². The Bertz CT molecular complexity index is 697. The van der Waals surface area contributed by atoms with Crippen molar-refractivity contribution in [1.82, 2.24) is 0 Å². The number of anilines is 1. The third kappa shape index (κ3) is 1.95. The summed E-state index contributed by atoms with van der Waals surface area (Å²) in [4.78, 5) is 12.2. The molecule has 0 spiro atoms. The van der Waals surface area contributed by atoms with Crippen molar-refractivity contribution < 1.29 is 18.4 Å². The van der Waals surface area contributed by atoms with Crippen LogP contribution in [0.4, 0.5) is 5.69 Å². The Morgan fingerprint density at radius 1 is 1.24 bits per heavy atom. The van der Waals surface area contributed by atoms with E-state index < -0.39 is 24.6 Å². The first-order valence-electron chi connectivity index (χ1n) is 5.93. The van der Waals surface area contributed by atoms with Gasteiger partial charge in [-0.05, 0) is 11.6 Å². The Labute approximate surface area is 121 Å². The number of nitriles is 2. The Hall–Kier alpha value is -2.18. The van der Waals surface area contributed by atoms with Gasteiger partial charge in [-0.1, -0.05) is 18.2 Å². The Balaban J connectivity index is 2.72. The molecule has 7 nitrogen and oxygen atoms in total. The van der Waals surface area contributed by atoms with E-state index in [9.17, 15) is 19.9 Å². The van der Waals surface area contributed by atoms with Gasteiger partial charge in [0.1, 0.15) is 5.92 Å². The number of carbonyl (C=O) groups excluding carboxylic acids is 1. The molecule has 0 saturated carbocycles. The van der Waals surface area contributed by atoms with Gasteiger partial charge in [0.05, 0.1) is 12.1 Å². The Morgan fingerprint density at radius 3 is 2.33 bits per heavy atom. The SMILES string of the molecule is COP(=O)(OC)C(C#N)(C#N)C1C(=O)Nc2ccccc21. The molecule has 1 unspecified atom stereocenters. The smallest absolute Gasteiger partial charge is 0.325 e. The summed E-state index contributed by atoms with van der Waals surface area (Å²) in [5, 5.41) is 19.3. The summed E-state index contributed by atoms with van der Waals surface area (Å²) in [6, 6.07) is 9.97. The maximum atomic E-state index is 12.7. The van der Waals surface area contributed by atoms with E-state index in [1.165, 1.54) is 0 Å². The van der Waals surface area contributed by atoms with Crippen LogP contribution < -0.4 is 5.32 Å². The number of para-hydroxylation sites is 1. The van der Waals surface area contributed by atoms with Crippen LogP contribution in [0.25, 0.3) is 0 Å². The predicted molar refractivity (Wildman–Crippen MR) is 73.4 cm³/mol. The second-order valence-electron chi connectivity index (χ2n) is 4.36. The molecule has 108 valence electrons. The molecule has 1 heterocycles. The molecule has 1 amide bonds. The normalized spacial score (nSPS) is 17.5. The largest absolute Gasteiger partial charge is 0.365 e. The van der Waals surface area contributed by atoms with Crippen molar-refractivity contribution in [3.8, 4) is 12.1 Å². The zero-order chi connectivity index (χ0) is 15.7. The number of benzene rings is 1. The molecule has 21 heavy (non-hydrogen) atoms. The van der Waals surface area contributed by atoms with Crippen LogP contribution in [0.3, 0.4) is 0 Å². The number of fused-ring (bicyclic) bond motifs is 1. The van der Waals surface area contributed by atoms with Crippen LogP contribution in [0.5, 0.6) is 0 Å². The monoisotopic (exact) mass is 305 g/mol. The van der Waals surface area contributed by atoms with Crippen LogP contribution in [-0.2, 0) is 18.4 Å². The highest BCUT2D eigenvalue weighted by Gasteiger charge is 2.62. The van der Waals surface area contributed by atoms with Gasteiger partial charge < -0.3 is 14.4 Å². The zero-order valence-electron chi connectivity index (χ0n) is 11.4. The molecule has 0 saturated heterocycles. The maximum Gasteiger partial charge on any atom is 0.365 e. The minimum absolute atomic E-state index is 0.417. The van der Waals surface area contributed by atoms with E-state index in [-0.39, 0.29) is 0 Å². The van der Waals surface area contributed by atoms with Gasteiger partial charge in [0.25, 0.3) is 5.16 Å². The second-order valence-corrected chi connectivity index (χ2v) is 6.79. The maximum absolute atomic E-state index is 12.7. The highest BCUT2D eigenvalue weighted by molar-refractivity contribution is 7.56. The van der Waals surface area contributed by atoms with Gasteiger partial charge in [-0.3, -0.25) is 9.36 Å². The van der Waals surface area contributed by atoms with Gasteiger partial charge in [-0.15, -0.1) is 0 Å². The molecule has 1 aromatic carbocycles. The quantitative estimate of drug-likeness (QED) is 0.851. The minimum atomic E-state index is -4.15. The van der Waals surface area contributed by atoms with Crippen molar-refractivity contribution >= 4 is 19.2 Å². The topological polar surface area (TPSA) is 112 Å². The molecule has 1 aliphatic heterocycles. The van der Waals surface area contributed by atoms with E-state index in [0.29, 0.717) is 11.3 Å². The molecular formula is C13H12N3O4P. The fraction of sp³-hybridized carbons (Fsp3) is 0.308. The fourth-order valence-corrected chi connectivity index (χ4v) is 3.96. The van der Waals surface area contributed by atoms with Crippen LogP contribution in [0, 0.1) is 22.7 Å². The highest BCUT2D eigenvalue weighted by Crippen LogP contribution is 2.64. The summed E-state index contributed by atoms with van der Waals surface area (Å²) in [6.07, 6.45) is 0. The first-order chi connectivity index (χ1) is 9.99. The average Bonchev–Trinajstić information content (AvgIpc) is 2.85. The summed E-state index contributed by atoms with van der Waals surface area (Å²) < 4.78 is 22.3. The lowest BCUT2D eigenvalue weighted by Crippen LogP contribution is -2.38. The van der Waals surface area contributed by atoms with Crippen LogP contribution in [-0.4, -0.2) is 25.3 Å². The van der Waals surface area contributed by atoms with Crippen molar-refractivity contribution in [3.05, 3.63) is 29.8 Å². The third-order valence-electron chi connectivity index (χ3n) is 3.46. The van der Waals surface area contributed by atoms with E-state index in [2.05, 4.69) is 5.32 Å². The molecule has 0 aliphatic carbocycles. The van der Waals surface area contributed by atoms with Crippen molar-refractivity contribution in [3.63, 3.8) is 0 Å². The Kier molecular flexibility index (Phi) is 3.85. The Morgan fingerprint density at radius 2 is 1.81 bits per heavy atom. The molecule has 1 atom stereocenters. The lowest BCUT2D eigenvalue weighted by atomic mass is 9.88. The minimum Gasteiger partial charge on any atom is -0.325 e. The van der Waals surface area contributed by atoms with E-state index in [4.69, 9.17) is 9.05 Å². The number of nitrogens with one attached hydrogen (secondary N) is 1. The summed E-state index contributed by atoms with van der Waals surface area (Å²) in [5.41, 5.74) is 0.890. The van der Waals surface area contributed by atoms with Crippen LogP contribution in [0.1, 0.15) is 11.5 Å². The summed E-state index contributed by atoms with van der Waals surface area (Å²) in [7, 11) is -2.00. The second kappa shape index (κ2) is 5.31. The van der Waals surface area contributed by atoms with E-state index >= 15 is 0 Å². The number of hydrogen-bond acceptors (Lipinski definition) is 6. The number of nitrogens with zero attached hydrogens (tertiary/aromatic N) is 2. The van der Waals surface area contributed by atoms with Gasteiger partial charge in [0.15, 0.2) is 0 Å². The van der Waals surface area contributed by atoms with E-state index in [1.54, 1.807) is 36.4 Å². The third-order valence-corrected chi connectivity index (χ3v) is 5.75. The van der Waals surface area contributed by atoms with E-state index in [0.717, 1.165) is 14.2 Å². The van der Waals surface area contributed by atoms with E-state index in [1.807, 2.05) is 0 Å². The van der Waals surface area contributed by atoms with Gasteiger partial charge >= 0.3 is 7.60 Å². The molecule has 1 N–H and O–H groups in total. The van der Waals surface area contributed by atoms with Crippen molar-refractivity contribution in [1.29, 1.82) is 10.5 Å². The highest BCUT2D eigenvalue weighted by atomic mass is 31.2. The lowest BCUT2D eigenvalue weighted by Gasteiger charge is -2.29. The molecule has 1 aromatic rings. The molecular weight excluding hydrogens is 293 g/mol. The fourth-order valence-electron chi connectivity index (χ4n) is 2.42. The molecule has 1 aliphatic rings. The van der Waals surface area contributed by atoms with Crippen LogP contribution in [0.2, 0.25) is 0 Å².